The molecular formula is C20H20ClN4O5S+. The van der Waals surface area contributed by atoms with Gasteiger partial charge in [0.1, 0.15) is 17.7 Å². The zero-order valence-electron chi connectivity index (χ0n) is 16.7. The van der Waals surface area contributed by atoms with Gasteiger partial charge in [-0.05, 0) is 30.3 Å². The molecule has 0 saturated carbocycles. The monoisotopic (exact) mass is 463 g/mol. The summed E-state index contributed by atoms with van der Waals surface area (Å²) in [5.41, 5.74) is 1.01. The molecule has 0 aliphatic rings. The number of hydrogen-bond donors (Lipinski definition) is 2. The first-order valence-electron chi connectivity index (χ1n) is 8.83. The minimum atomic E-state index is -4.10. The number of nitrogens with two attached hydrogens (primary N) is 1. The summed E-state index contributed by atoms with van der Waals surface area (Å²) in [6.07, 6.45) is 0.960. The number of hydroxylamine groups is 2. The molecule has 162 valence electrons. The second-order valence-corrected chi connectivity index (χ2v) is 8.60. The van der Waals surface area contributed by atoms with E-state index in [4.69, 9.17) is 21.5 Å². The maximum Gasteiger partial charge on any atom is 0.376 e. The Kier molecular flexibility index (Phi) is 6.03. The number of amides is 1. The van der Waals surface area contributed by atoms with E-state index >= 15 is 0 Å². The minimum Gasteiger partial charge on any atom is -0.495 e. The van der Waals surface area contributed by atoms with Crippen LogP contribution in [0.1, 0.15) is 0 Å². The van der Waals surface area contributed by atoms with Crippen LogP contribution >= 0.6 is 11.6 Å². The molecule has 0 aliphatic carbocycles. The van der Waals surface area contributed by atoms with Crippen LogP contribution in [-0.4, -0.2) is 43.5 Å². The summed E-state index contributed by atoms with van der Waals surface area (Å²) >= 11 is 6.26. The van der Waals surface area contributed by atoms with E-state index in [1.54, 1.807) is 24.3 Å². The van der Waals surface area contributed by atoms with Gasteiger partial charge in [0.05, 0.1) is 29.6 Å². The lowest BCUT2D eigenvalue weighted by Crippen LogP contribution is -2.46. The van der Waals surface area contributed by atoms with Gasteiger partial charge in [-0.15, -0.1) is 5.10 Å². The Morgan fingerprint density at radius 2 is 1.97 bits per heavy atom. The quantitative estimate of drug-likeness (QED) is 0.250. The van der Waals surface area contributed by atoms with E-state index in [-0.39, 0.29) is 16.4 Å². The third-order valence-corrected chi connectivity index (χ3v) is 5.85. The number of halogens is 1. The number of likely N-dealkylation sites (N-methyl/N-ethyl adjacent to an activating group) is 1. The van der Waals surface area contributed by atoms with Gasteiger partial charge in [-0.25, -0.2) is 28.2 Å². The van der Waals surface area contributed by atoms with Crippen molar-refractivity contribution in [3.8, 4) is 22.7 Å². The first-order chi connectivity index (χ1) is 14.5. The maximum absolute atomic E-state index is 12.2. The van der Waals surface area contributed by atoms with Crippen LogP contribution in [0.5, 0.6) is 5.75 Å². The zero-order valence-corrected chi connectivity index (χ0v) is 18.3. The van der Waals surface area contributed by atoms with Crippen molar-refractivity contribution in [1.29, 1.82) is 0 Å². The highest BCUT2D eigenvalue weighted by molar-refractivity contribution is 7.89. The van der Waals surface area contributed by atoms with E-state index in [1.807, 2.05) is 0 Å². The van der Waals surface area contributed by atoms with Crippen molar-refractivity contribution in [2.24, 2.45) is 5.14 Å². The average Bonchev–Trinajstić information content (AvgIpc) is 3.18. The molecule has 0 saturated heterocycles. The summed E-state index contributed by atoms with van der Waals surface area (Å²) in [5, 5.41) is 20.7. The van der Waals surface area contributed by atoms with Crippen LogP contribution in [0.4, 0.5) is 5.82 Å². The second-order valence-electron chi connectivity index (χ2n) is 6.66. The predicted octanol–water partition coefficient (Wildman–Crippen LogP) is 2.89. The van der Waals surface area contributed by atoms with Crippen LogP contribution < -0.4 is 14.5 Å². The van der Waals surface area contributed by atoms with Gasteiger partial charge in [0.2, 0.25) is 10.0 Å². The fraction of sp³-hybridized carbons (Fsp3) is 0.100. The number of ether oxygens (including phenoxy) is 1. The fourth-order valence-corrected chi connectivity index (χ4v) is 3.93. The molecule has 3 rings (SSSR count). The third kappa shape index (κ3) is 4.24. The summed E-state index contributed by atoms with van der Waals surface area (Å²) in [7, 11) is -1.42. The number of primary sulfonamides is 1. The van der Waals surface area contributed by atoms with E-state index in [2.05, 4.69) is 11.7 Å². The molecule has 0 aliphatic heterocycles. The van der Waals surface area contributed by atoms with E-state index in [0.717, 1.165) is 6.08 Å². The maximum atomic E-state index is 12.2. The first-order valence-corrected chi connectivity index (χ1v) is 10.8. The molecule has 0 spiro atoms. The number of carbonyl (C=O) groups is 1. The SMILES string of the molecule is C=CC(=O)[N+](C)(O)c1cc(-c2ccc(OC)c(Cl)c2)n(-c2ccccc2S(N)(=O)=O)n1. The molecule has 3 N–H and O–H groups in total. The second kappa shape index (κ2) is 8.25. The highest BCUT2D eigenvalue weighted by atomic mass is 35.5. The van der Waals surface area contributed by atoms with Crippen molar-refractivity contribution in [2.45, 2.75) is 4.90 Å². The number of aromatic nitrogens is 2. The topological polar surface area (TPSA) is 125 Å². The molecule has 1 atom stereocenters. The van der Waals surface area contributed by atoms with Crippen LogP contribution in [-0.2, 0) is 14.8 Å². The number of rotatable bonds is 6. The van der Waals surface area contributed by atoms with Gasteiger partial charge in [-0.1, -0.05) is 35.0 Å². The molecular weight excluding hydrogens is 444 g/mol. The number of sulfonamides is 1. The lowest BCUT2D eigenvalue weighted by Gasteiger charge is -2.17. The Labute approximate surface area is 184 Å². The summed E-state index contributed by atoms with van der Waals surface area (Å²) in [6.45, 7) is 3.39. The molecule has 1 amide bonds. The highest BCUT2D eigenvalue weighted by Gasteiger charge is 2.36. The number of methoxy groups -OCH3 is 1. The standard InChI is InChI=1S/C20H20ClN4O5S/c1-4-20(26)25(2,27)19-12-16(13-9-10-17(30-3)14(21)11-13)24(23-19)15-7-5-6-8-18(15)31(22,28)29/h4-12,27H,1H2,2-3H3,(H2,22,28,29)/q+1. The van der Waals surface area contributed by atoms with Gasteiger partial charge in [0, 0.05) is 11.6 Å². The molecule has 0 radical (unpaired) electrons. The average molecular weight is 464 g/mol. The fourth-order valence-electron chi connectivity index (χ4n) is 2.96. The van der Waals surface area contributed by atoms with Crippen LogP contribution in [0.3, 0.4) is 0 Å². The summed E-state index contributed by atoms with van der Waals surface area (Å²) < 4.78 is 29.5. The molecule has 1 unspecified atom stereocenters. The molecule has 0 fully saturated rings. The van der Waals surface area contributed by atoms with Crippen LogP contribution in [0, 0.1) is 0 Å². The van der Waals surface area contributed by atoms with Crippen LogP contribution in [0.25, 0.3) is 16.9 Å². The van der Waals surface area contributed by atoms with Gasteiger partial charge in [-0.3, -0.25) is 0 Å². The Hall–Kier alpha value is -3.02. The lowest BCUT2D eigenvalue weighted by atomic mass is 10.1. The van der Waals surface area contributed by atoms with E-state index < -0.39 is 20.6 Å². The van der Waals surface area contributed by atoms with Gasteiger partial charge < -0.3 is 4.74 Å². The van der Waals surface area contributed by atoms with Crippen molar-refractivity contribution in [1.82, 2.24) is 14.4 Å². The molecule has 31 heavy (non-hydrogen) atoms. The number of quaternary nitrogens is 1. The summed E-state index contributed by atoms with van der Waals surface area (Å²) in [4.78, 5) is 12.0. The first kappa shape index (κ1) is 22.7. The lowest BCUT2D eigenvalue weighted by molar-refractivity contribution is -0.151. The zero-order chi connectivity index (χ0) is 23.0. The Bertz CT molecular complexity index is 1280. The van der Waals surface area contributed by atoms with Gasteiger partial charge in [0.15, 0.2) is 0 Å². The van der Waals surface area contributed by atoms with E-state index in [9.17, 15) is 18.4 Å². The normalized spacial score (nSPS) is 13.5. The Morgan fingerprint density at radius 1 is 1.29 bits per heavy atom. The van der Waals surface area contributed by atoms with Crippen molar-refractivity contribution in [3.05, 3.63) is 66.2 Å². The van der Waals surface area contributed by atoms with E-state index in [0.29, 0.717) is 22.0 Å². The van der Waals surface area contributed by atoms with Gasteiger partial charge >= 0.3 is 5.91 Å². The minimum absolute atomic E-state index is 0.0731. The third-order valence-electron chi connectivity index (χ3n) is 4.59. The van der Waals surface area contributed by atoms with Crippen molar-refractivity contribution in [2.75, 3.05) is 14.2 Å². The number of hydrogen-bond acceptors (Lipinski definition) is 6. The molecule has 3 aromatic rings. The summed E-state index contributed by atoms with van der Waals surface area (Å²) in [6, 6.07) is 12.3. The Morgan fingerprint density at radius 3 is 2.55 bits per heavy atom. The predicted molar refractivity (Wildman–Crippen MR) is 117 cm³/mol. The molecule has 11 heteroatoms. The Balaban J connectivity index is 2.35. The number of carbonyl (C=O) groups excluding carboxylic acids is 1. The molecule has 0 bridgehead atoms. The van der Waals surface area contributed by atoms with Crippen molar-refractivity contribution in [3.63, 3.8) is 0 Å². The molecule has 2 aromatic carbocycles. The van der Waals surface area contributed by atoms with Crippen LogP contribution in [0.2, 0.25) is 5.02 Å². The number of nitrogens with zero attached hydrogens (tertiary/aromatic N) is 3. The number of benzene rings is 2. The largest absolute Gasteiger partial charge is 0.495 e. The van der Waals surface area contributed by atoms with Crippen LogP contribution in [0.15, 0.2) is 66.1 Å². The smallest absolute Gasteiger partial charge is 0.376 e. The van der Waals surface area contributed by atoms with E-state index in [1.165, 1.54) is 43.1 Å². The highest BCUT2D eigenvalue weighted by Crippen LogP contribution is 2.35. The molecule has 1 aromatic heterocycles. The van der Waals surface area contributed by atoms with Crippen molar-refractivity contribution >= 4 is 33.3 Å². The van der Waals surface area contributed by atoms with Gasteiger partial charge in [-0.2, -0.15) is 0 Å². The van der Waals surface area contributed by atoms with Crippen molar-refractivity contribution < 1.29 is 23.2 Å². The molecule has 9 nitrogen and oxygen atoms in total. The summed E-state index contributed by atoms with van der Waals surface area (Å²) in [5.74, 6) is -0.369. The number of para-hydroxylation sites is 1. The molecule has 1 heterocycles. The van der Waals surface area contributed by atoms with Gasteiger partial charge in [0.25, 0.3) is 5.82 Å².